The summed E-state index contributed by atoms with van der Waals surface area (Å²) in [5.74, 6) is -7.12. The van der Waals surface area contributed by atoms with Crippen LogP contribution in [0.5, 0.6) is 0 Å². The normalized spacial score (nSPS) is 14.8. The van der Waals surface area contributed by atoms with Gasteiger partial charge in [0.2, 0.25) is 0 Å². The summed E-state index contributed by atoms with van der Waals surface area (Å²) in [6.07, 6.45) is -14.7. The first-order valence-electron chi connectivity index (χ1n) is 10.5. The number of benzene rings is 2. The fraction of sp³-hybridized carbons (Fsp3) is 0.348. The van der Waals surface area contributed by atoms with Gasteiger partial charge < -0.3 is 5.32 Å². The molecule has 0 fully saturated rings. The summed E-state index contributed by atoms with van der Waals surface area (Å²) in [6.45, 7) is 1.27. The second kappa shape index (κ2) is 12.9. The fourth-order valence-electron chi connectivity index (χ4n) is 3.20. The number of thioether (sulfide) groups is 1. The molecule has 0 aliphatic rings. The number of carbonyl (C=O) groups excluding carboxylic acids is 1. The number of carbonyl (C=O) groups is 1. The van der Waals surface area contributed by atoms with Gasteiger partial charge in [0.15, 0.2) is 0 Å². The van der Waals surface area contributed by atoms with Crippen molar-refractivity contribution in [2.45, 2.75) is 37.4 Å². The molecule has 0 bridgehead atoms. The molecule has 0 spiro atoms. The number of rotatable bonds is 8. The zero-order chi connectivity index (χ0) is 29.9. The molecule has 2 aromatic rings. The monoisotopic (exact) mass is 693 g/mol. The van der Waals surface area contributed by atoms with Crippen molar-refractivity contribution >= 4 is 62.6 Å². The standard InChI is InChI=1S/C23H16BrCl2F10NOS/c1-10(8-39-9-21(28,29)30)37-20(38)13-3-2-11(4-15(13)23(34,35)36)18(27)7-14(22(31,32)33)12-5-16(24)19(26)17(25)6-12/h2-7,10,14H,8-9H2,1H3,(H,37,38)/b18-7-/t10-,14?/m1/s1. The molecular formula is C23H16BrCl2F10NOS. The Morgan fingerprint density at radius 3 is 2.18 bits per heavy atom. The van der Waals surface area contributed by atoms with E-state index in [2.05, 4.69) is 21.2 Å². The molecule has 2 nitrogen and oxygen atoms in total. The van der Waals surface area contributed by atoms with Gasteiger partial charge in [0, 0.05) is 21.8 Å². The van der Waals surface area contributed by atoms with Crippen LogP contribution < -0.4 is 5.32 Å². The lowest BCUT2D eigenvalue weighted by molar-refractivity contribution is -0.140. The summed E-state index contributed by atoms with van der Waals surface area (Å²) in [5.41, 5.74) is -4.10. The Bertz CT molecular complexity index is 1210. The Labute approximate surface area is 238 Å². The highest BCUT2D eigenvalue weighted by molar-refractivity contribution is 9.10. The van der Waals surface area contributed by atoms with Crippen LogP contribution in [0.25, 0.3) is 5.83 Å². The van der Waals surface area contributed by atoms with E-state index in [0.717, 1.165) is 12.1 Å². The first-order chi connectivity index (χ1) is 17.7. The van der Waals surface area contributed by atoms with Crippen LogP contribution in [-0.2, 0) is 6.18 Å². The molecule has 0 aromatic heterocycles. The van der Waals surface area contributed by atoms with Gasteiger partial charge in [-0.05, 0) is 58.8 Å². The number of hydrogen-bond donors (Lipinski definition) is 1. The molecule has 0 aliphatic carbocycles. The predicted octanol–water partition coefficient (Wildman–Crippen LogP) is 9.84. The lowest BCUT2D eigenvalue weighted by atomic mass is 9.95. The Balaban J connectivity index is 2.42. The van der Waals surface area contributed by atoms with Crippen molar-refractivity contribution in [3.8, 4) is 0 Å². The van der Waals surface area contributed by atoms with Crippen LogP contribution in [0, 0.1) is 0 Å². The molecule has 0 aliphatic heterocycles. The topological polar surface area (TPSA) is 29.1 Å². The van der Waals surface area contributed by atoms with Gasteiger partial charge in [-0.2, -0.15) is 51.3 Å². The minimum Gasteiger partial charge on any atom is -0.349 e. The zero-order valence-electron chi connectivity index (χ0n) is 19.3. The predicted molar refractivity (Wildman–Crippen MR) is 134 cm³/mol. The largest absolute Gasteiger partial charge is 0.417 e. The van der Waals surface area contributed by atoms with E-state index in [4.69, 9.17) is 23.2 Å². The Hall–Kier alpha value is -1.64. The second-order valence-electron chi connectivity index (χ2n) is 8.10. The van der Waals surface area contributed by atoms with Crippen molar-refractivity contribution in [3.63, 3.8) is 0 Å². The Morgan fingerprint density at radius 1 is 1.05 bits per heavy atom. The van der Waals surface area contributed by atoms with Gasteiger partial charge in [-0.25, -0.2) is 4.39 Å². The summed E-state index contributed by atoms with van der Waals surface area (Å²) in [6, 6.07) is 2.20. The average molecular weight is 695 g/mol. The second-order valence-corrected chi connectivity index (χ2v) is 10.8. The minimum atomic E-state index is -5.23. The van der Waals surface area contributed by atoms with E-state index in [-0.39, 0.29) is 32.4 Å². The third kappa shape index (κ3) is 9.75. The highest BCUT2D eigenvalue weighted by Gasteiger charge is 2.41. The van der Waals surface area contributed by atoms with E-state index in [1.165, 1.54) is 6.92 Å². The zero-order valence-corrected chi connectivity index (χ0v) is 23.2. The lowest BCUT2D eigenvalue weighted by Gasteiger charge is -2.20. The third-order valence-electron chi connectivity index (χ3n) is 4.89. The molecule has 1 N–H and O–H groups in total. The van der Waals surface area contributed by atoms with Gasteiger partial charge in [-0.3, -0.25) is 4.79 Å². The summed E-state index contributed by atoms with van der Waals surface area (Å²) in [4.78, 5) is 12.4. The van der Waals surface area contributed by atoms with Gasteiger partial charge in [0.25, 0.3) is 5.91 Å². The highest BCUT2D eigenvalue weighted by Crippen LogP contribution is 2.43. The quantitative estimate of drug-likeness (QED) is 0.220. The molecule has 0 saturated heterocycles. The molecule has 2 rings (SSSR count). The SMILES string of the molecule is C[C@H](CSCC(F)(F)F)NC(=O)c1ccc(/C(F)=C/C(c2cc(Cl)c(Cl)c(Br)c2)C(F)(F)F)cc1C(F)(F)F. The highest BCUT2D eigenvalue weighted by atomic mass is 79.9. The molecule has 0 saturated carbocycles. The van der Waals surface area contributed by atoms with Crippen LogP contribution in [-0.4, -0.2) is 35.8 Å². The van der Waals surface area contributed by atoms with Gasteiger partial charge in [0.05, 0.1) is 26.9 Å². The van der Waals surface area contributed by atoms with Crippen molar-refractivity contribution in [1.29, 1.82) is 0 Å². The van der Waals surface area contributed by atoms with E-state index in [1.807, 2.05) is 0 Å². The van der Waals surface area contributed by atoms with Crippen molar-refractivity contribution in [3.05, 3.63) is 73.2 Å². The van der Waals surface area contributed by atoms with Crippen LogP contribution >= 0.6 is 50.9 Å². The number of amides is 1. The number of nitrogens with one attached hydrogen (secondary N) is 1. The van der Waals surface area contributed by atoms with Gasteiger partial charge >= 0.3 is 18.5 Å². The maximum atomic E-state index is 15.0. The maximum Gasteiger partial charge on any atom is 0.417 e. The van der Waals surface area contributed by atoms with Crippen LogP contribution in [0.3, 0.4) is 0 Å². The van der Waals surface area contributed by atoms with E-state index >= 15 is 0 Å². The van der Waals surface area contributed by atoms with Crippen molar-refractivity contribution in [1.82, 2.24) is 5.32 Å². The molecular weight excluding hydrogens is 679 g/mol. The number of halogens is 13. The van der Waals surface area contributed by atoms with Crippen molar-refractivity contribution < 1.29 is 48.7 Å². The van der Waals surface area contributed by atoms with Crippen molar-refractivity contribution in [2.75, 3.05) is 11.5 Å². The van der Waals surface area contributed by atoms with Crippen LogP contribution in [0.15, 0.2) is 40.9 Å². The number of allylic oxidation sites excluding steroid dienone is 1. The minimum absolute atomic E-state index is 0.0320. The summed E-state index contributed by atoms with van der Waals surface area (Å²) >= 11 is 14.9. The van der Waals surface area contributed by atoms with Gasteiger partial charge in [-0.15, -0.1) is 0 Å². The molecule has 0 radical (unpaired) electrons. The van der Waals surface area contributed by atoms with Crippen molar-refractivity contribution in [2.24, 2.45) is 0 Å². The summed E-state index contributed by atoms with van der Waals surface area (Å²) < 4.78 is 134. The average Bonchev–Trinajstić information content (AvgIpc) is 2.77. The summed E-state index contributed by atoms with van der Waals surface area (Å²) in [5, 5.41) is 1.72. The van der Waals surface area contributed by atoms with E-state index in [0.29, 0.717) is 23.9 Å². The first-order valence-corrected chi connectivity index (χ1v) is 13.2. The number of hydrogen-bond acceptors (Lipinski definition) is 2. The molecule has 39 heavy (non-hydrogen) atoms. The molecule has 1 unspecified atom stereocenters. The van der Waals surface area contributed by atoms with Gasteiger partial charge in [-0.1, -0.05) is 29.3 Å². The lowest BCUT2D eigenvalue weighted by Crippen LogP contribution is -2.35. The Morgan fingerprint density at radius 2 is 1.67 bits per heavy atom. The fourth-order valence-corrected chi connectivity index (χ4v) is 4.91. The van der Waals surface area contributed by atoms with Gasteiger partial charge in [0.1, 0.15) is 11.7 Å². The molecule has 2 atom stereocenters. The number of alkyl halides is 9. The molecule has 216 valence electrons. The van der Waals surface area contributed by atoms with Crippen LogP contribution in [0.1, 0.15) is 39.9 Å². The smallest absolute Gasteiger partial charge is 0.349 e. The summed E-state index contributed by atoms with van der Waals surface area (Å²) in [7, 11) is 0. The Kier molecular flexibility index (Phi) is 11.1. The molecule has 0 heterocycles. The first kappa shape index (κ1) is 33.6. The van der Waals surface area contributed by atoms with E-state index in [1.54, 1.807) is 0 Å². The molecule has 1 amide bonds. The molecule has 16 heteroatoms. The maximum absolute atomic E-state index is 15.0. The third-order valence-corrected chi connectivity index (χ3v) is 7.81. The van der Waals surface area contributed by atoms with E-state index < -0.39 is 70.2 Å². The molecule has 2 aromatic carbocycles. The van der Waals surface area contributed by atoms with Crippen LogP contribution in [0.4, 0.5) is 43.9 Å². The van der Waals surface area contributed by atoms with E-state index in [9.17, 15) is 48.7 Å². The van der Waals surface area contributed by atoms with Crippen LogP contribution in [0.2, 0.25) is 10.0 Å².